The van der Waals surface area contributed by atoms with Crippen molar-refractivity contribution in [2.75, 3.05) is 24.3 Å². The highest BCUT2D eigenvalue weighted by Crippen LogP contribution is 2.40. The van der Waals surface area contributed by atoms with Gasteiger partial charge in [0.05, 0.1) is 22.4 Å². The molecule has 1 saturated carbocycles. The molecular formula is C22H30ClN5O4S. The van der Waals surface area contributed by atoms with Crippen LogP contribution in [0.2, 0.25) is 5.15 Å². The monoisotopic (exact) mass is 495 g/mol. The van der Waals surface area contributed by atoms with Crippen molar-refractivity contribution in [3.63, 3.8) is 0 Å². The van der Waals surface area contributed by atoms with Crippen LogP contribution in [0.1, 0.15) is 40.0 Å². The Morgan fingerprint density at radius 3 is 2.61 bits per heavy atom. The maximum Gasteiger partial charge on any atom is 0.223 e. The number of nitrogens with one attached hydrogen (secondary N) is 1. The number of nitrogen functional groups attached to an aromatic ring is 1. The summed E-state index contributed by atoms with van der Waals surface area (Å²) in [5.41, 5.74) is 7.36. The Bertz CT molecular complexity index is 1080. The molecule has 0 amide bonds. The maximum atomic E-state index is 9.40. The molecular weight excluding hydrogens is 466 g/mol. The first-order valence-corrected chi connectivity index (χ1v) is 12.0. The Morgan fingerprint density at radius 1 is 1.24 bits per heavy atom. The van der Waals surface area contributed by atoms with Gasteiger partial charge in [0.2, 0.25) is 5.95 Å². The highest BCUT2D eigenvalue weighted by Gasteiger charge is 2.27. The lowest BCUT2D eigenvalue weighted by Crippen LogP contribution is -2.18. The van der Waals surface area contributed by atoms with E-state index in [9.17, 15) is 5.11 Å². The minimum Gasteiger partial charge on any atom is -0.494 e. The molecule has 0 saturated heterocycles. The Kier molecular flexibility index (Phi) is 8.30. The molecule has 1 aliphatic rings. The number of fused-ring (bicyclic) bond motifs is 1. The number of nitrogens with zero attached hydrogens (tertiary/aromatic N) is 3. The second-order valence-corrected chi connectivity index (χ2v) is 9.76. The van der Waals surface area contributed by atoms with E-state index in [1.54, 1.807) is 0 Å². The molecule has 0 radical (unpaired) electrons. The fraction of sp³-hybridized carbons (Fsp3) is 0.500. The average molecular weight is 496 g/mol. The molecule has 0 unspecified atom stereocenters. The molecule has 3 aromatic rings. The Labute approximate surface area is 201 Å². The Morgan fingerprint density at radius 2 is 1.97 bits per heavy atom. The summed E-state index contributed by atoms with van der Waals surface area (Å²) in [6.07, 6.45) is 2.83. The lowest BCUT2D eigenvalue weighted by atomic mass is 10.1. The Hall–Kier alpha value is -2.24. The van der Waals surface area contributed by atoms with Crippen LogP contribution in [0.5, 0.6) is 5.75 Å². The molecule has 11 heteroatoms. The van der Waals surface area contributed by atoms with Crippen LogP contribution >= 0.6 is 22.9 Å². The second-order valence-electron chi connectivity index (χ2n) is 8.38. The van der Waals surface area contributed by atoms with E-state index in [1.165, 1.54) is 25.2 Å². The quantitative estimate of drug-likeness (QED) is 0.255. The van der Waals surface area contributed by atoms with Gasteiger partial charge in [0.15, 0.2) is 5.79 Å². The zero-order chi connectivity index (χ0) is 24.2. The molecule has 33 heavy (non-hydrogen) atoms. The number of anilines is 2. The summed E-state index contributed by atoms with van der Waals surface area (Å²) in [5, 5.41) is 30.0. The third-order valence-corrected chi connectivity index (χ3v) is 6.22. The standard InChI is InChI=1S/C19H22ClN5O2S.C3H8O2/c1-2-27-12-5-6-13-14(8-12)28-18(23-13)15-16(20)24-19(21)25-17(15)22-11-4-3-10(7-11)9-26;1-3(2,4)5/h5-6,8,10-11,26H,2-4,7,9H2,1H3,(H3,21,22,24,25);4-5H,1-2H3/t10-,11+;/m1./s1. The number of aliphatic hydroxyl groups is 3. The highest BCUT2D eigenvalue weighted by atomic mass is 35.5. The topological polar surface area (TPSA) is 147 Å². The minimum absolute atomic E-state index is 0.118. The summed E-state index contributed by atoms with van der Waals surface area (Å²) in [4.78, 5) is 13.2. The molecule has 4 rings (SSSR count). The predicted octanol–water partition coefficient (Wildman–Crippen LogP) is 3.67. The van der Waals surface area contributed by atoms with Crippen molar-refractivity contribution < 1.29 is 20.1 Å². The molecule has 1 aliphatic carbocycles. The largest absolute Gasteiger partial charge is 0.494 e. The Balaban J connectivity index is 0.000000555. The first-order valence-electron chi connectivity index (χ1n) is 10.8. The number of rotatable bonds is 6. The summed E-state index contributed by atoms with van der Waals surface area (Å²) in [6.45, 7) is 5.37. The summed E-state index contributed by atoms with van der Waals surface area (Å²) in [5.74, 6) is 0.331. The molecule has 2 heterocycles. The first kappa shape index (κ1) is 25.4. The van der Waals surface area contributed by atoms with Crippen LogP contribution in [0.3, 0.4) is 0 Å². The van der Waals surface area contributed by atoms with Crippen LogP contribution in [0, 0.1) is 5.92 Å². The van der Waals surface area contributed by atoms with Crippen LogP contribution in [0.15, 0.2) is 18.2 Å². The van der Waals surface area contributed by atoms with Gasteiger partial charge < -0.3 is 31.1 Å². The van der Waals surface area contributed by atoms with Crippen molar-refractivity contribution in [1.82, 2.24) is 15.0 Å². The van der Waals surface area contributed by atoms with E-state index < -0.39 is 5.79 Å². The molecule has 2 atom stereocenters. The number of nitrogens with two attached hydrogens (primary N) is 1. The summed E-state index contributed by atoms with van der Waals surface area (Å²) < 4.78 is 6.58. The number of halogens is 1. The number of aromatic nitrogens is 3. The molecule has 9 nitrogen and oxygen atoms in total. The normalized spacial score (nSPS) is 18.2. The van der Waals surface area contributed by atoms with E-state index in [0.717, 1.165) is 40.2 Å². The van der Waals surface area contributed by atoms with E-state index in [4.69, 9.17) is 37.3 Å². The number of aliphatic hydroxyl groups excluding tert-OH is 1. The number of hydrogen-bond donors (Lipinski definition) is 5. The van der Waals surface area contributed by atoms with Crippen LogP contribution in [0.25, 0.3) is 20.8 Å². The second kappa shape index (κ2) is 10.8. The van der Waals surface area contributed by atoms with Crippen molar-refractivity contribution in [2.45, 2.75) is 51.9 Å². The van der Waals surface area contributed by atoms with Crippen molar-refractivity contribution in [1.29, 1.82) is 0 Å². The van der Waals surface area contributed by atoms with Gasteiger partial charge in [-0.3, -0.25) is 0 Å². The van der Waals surface area contributed by atoms with Crippen LogP contribution in [0.4, 0.5) is 11.8 Å². The lowest BCUT2D eigenvalue weighted by molar-refractivity contribution is -0.127. The smallest absolute Gasteiger partial charge is 0.223 e. The molecule has 2 aromatic heterocycles. The molecule has 6 N–H and O–H groups in total. The van der Waals surface area contributed by atoms with E-state index in [2.05, 4.69) is 15.3 Å². The zero-order valence-corrected chi connectivity index (χ0v) is 20.4. The third kappa shape index (κ3) is 7.12. The molecule has 180 valence electrons. The van der Waals surface area contributed by atoms with E-state index in [0.29, 0.717) is 23.9 Å². The number of hydrogen-bond acceptors (Lipinski definition) is 10. The van der Waals surface area contributed by atoms with Gasteiger partial charge in [0.1, 0.15) is 21.7 Å². The molecule has 1 aromatic carbocycles. The zero-order valence-electron chi connectivity index (χ0n) is 18.9. The van der Waals surface area contributed by atoms with Crippen LogP contribution in [-0.4, -0.2) is 55.3 Å². The summed E-state index contributed by atoms with van der Waals surface area (Å²) in [6, 6.07) is 6.02. The predicted molar refractivity (Wildman–Crippen MR) is 132 cm³/mol. The van der Waals surface area contributed by atoms with Gasteiger partial charge in [-0.2, -0.15) is 4.98 Å². The number of thiazole rings is 1. The van der Waals surface area contributed by atoms with Crippen molar-refractivity contribution in [3.05, 3.63) is 23.4 Å². The minimum atomic E-state index is -1.50. The molecule has 1 fully saturated rings. The SMILES string of the molecule is CC(C)(O)O.CCOc1ccc2nc(-c3c(Cl)nc(N)nc3N[C@H]3CC[C@@H](CO)C3)sc2c1. The van der Waals surface area contributed by atoms with Gasteiger partial charge in [-0.25, -0.2) is 9.97 Å². The highest BCUT2D eigenvalue weighted by molar-refractivity contribution is 7.21. The van der Waals surface area contributed by atoms with Crippen molar-refractivity contribution in [2.24, 2.45) is 5.92 Å². The fourth-order valence-electron chi connectivity index (χ4n) is 3.58. The summed E-state index contributed by atoms with van der Waals surface area (Å²) >= 11 is 7.96. The van der Waals surface area contributed by atoms with Gasteiger partial charge in [0.25, 0.3) is 0 Å². The van der Waals surface area contributed by atoms with E-state index in [-0.39, 0.29) is 23.8 Å². The fourth-order valence-corrected chi connectivity index (χ4v) is 4.94. The molecule has 0 bridgehead atoms. The molecule has 0 spiro atoms. The van der Waals surface area contributed by atoms with E-state index in [1.807, 2.05) is 25.1 Å². The van der Waals surface area contributed by atoms with E-state index >= 15 is 0 Å². The van der Waals surface area contributed by atoms with Gasteiger partial charge in [-0.1, -0.05) is 11.6 Å². The number of ether oxygens (including phenoxy) is 1. The van der Waals surface area contributed by atoms with Crippen molar-refractivity contribution in [3.8, 4) is 16.3 Å². The van der Waals surface area contributed by atoms with Gasteiger partial charge in [-0.15, -0.1) is 11.3 Å². The first-order chi connectivity index (χ1) is 15.6. The third-order valence-electron chi connectivity index (χ3n) is 4.91. The average Bonchev–Trinajstić information content (AvgIpc) is 3.32. The van der Waals surface area contributed by atoms with Crippen LogP contribution < -0.4 is 15.8 Å². The number of benzene rings is 1. The van der Waals surface area contributed by atoms with Crippen molar-refractivity contribution >= 4 is 44.9 Å². The van der Waals surface area contributed by atoms with Gasteiger partial charge in [-0.05, 0) is 64.2 Å². The maximum absolute atomic E-state index is 9.40. The molecule has 0 aliphatic heterocycles. The van der Waals surface area contributed by atoms with Crippen LogP contribution in [-0.2, 0) is 0 Å². The summed E-state index contributed by atoms with van der Waals surface area (Å²) in [7, 11) is 0. The van der Waals surface area contributed by atoms with Gasteiger partial charge >= 0.3 is 0 Å². The lowest BCUT2D eigenvalue weighted by Gasteiger charge is -2.16. The van der Waals surface area contributed by atoms with Gasteiger partial charge in [0, 0.05) is 12.6 Å².